The second-order valence-corrected chi connectivity index (χ2v) is 11.8. The van der Waals surface area contributed by atoms with E-state index in [1.54, 1.807) is 39.0 Å². The van der Waals surface area contributed by atoms with E-state index in [0.717, 1.165) is 6.20 Å². The zero-order valence-electron chi connectivity index (χ0n) is 19.6. The van der Waals surface area contributed by atoms with Crippen LogP contribution in [-0.2, 0) is 20.0 Å². The molecule has 1 aromatic heterocycles. The van der Waals surface area contributed by atoms with Gasteiger partial charge in [0.2, 0.25) is 11.8 Å². The number of aromatic nitrogens is 1. The third-order valence-electron chi connectivity index (χ3n) is 6.49. The SMILES string of the molecule is CCOc1cc(N2C(=O)C(C)(C)c3cc(C(=O)C[C@@]4(C)CCS(=O)(=O)C4)ccc32)c(F)cn1.S. The Labute approximate surface area is 206 Å². The van der Waals surface area contributed by atoms with Crippen LogP contribution in [-0.4, -0.2) is 43.2 Å². The Morgan fingerprint density at radius 2 is 1.91 bits per heavy atom. The van der Waals surface area contributed by atoms with Crippen molar-refractivity contribution in [3.63, 3.8) is 0 Å². The van der Waals surface area contributed by atoms with Crippen molar-refractivity contribution >= 4 is 46.4 Å². The summed E-state index contributed by atoms with van der Waals surface area (Å²) < 4.78 is 43.9. The van der Waals surface area contributed by atoms with Crippen molar-refractivity contribution in [2.75, 3.05) is 23.0 Å². The molecule has 10 heteroatoms. The molecule has 3 heterocycles. The number of amides is 1. The molecule has 1 amide bonds. The lowest BCUT2D eigenvalue weighted by molar-refractivity contribution is -0.121. The van der Waals surface area contributed by atoms with Gasteiger partial charge in [0, 0.05) is 18.1 Å². The molecule has 34 heavy (non-hydrogen) atoms. The van der Waals surface area contributed by atoms with Crippen molar-refractivity contribution in [1.29, 1.82) is 0 Å². The molecule has 2 aliphatic rings. The summed E-state index contributed by atoms with van der Waals surface area (Å²) in [6.45, 7) is 7.41. The van der Waals surface area contributed by atoms with Crippen molar-refractivity contribution in [3.8, 4) is 5.88 Å². The van der Waals surface area contributed by atoms with E-state index in [-0.39, 0.29) is 54.7 Å². The predicted octanol–water partition coefficient (Wildman–Crippen LogP) is 4.09. The van der Waals surface area contributed by atoms with E-state index in [9.17, 15) is 22.4 Å². The fraction of sp³-hybridized carbons (Fsp3) is 0.458. The number of halogens is 1. The highest BCUT2D eigenvalue weighted by molar-refractivity contribution is 7.91. The maximum Gasteiger partial charge on any atom is 0.241 e. The minimum Gasteiger partial charge on any atom is -0.478 e. The van der Waals surface area contributed by atoms with Gasteiger partial charge >= 0.3 is 0 Å². The lowest BCUT2D eigenvalue weighted by Crippen LogP contribution is -2.33. The van der Waals surface area contributed by atoms with E-state index in [1.807, 2.05) is 6.92 Å². The number of benzene rings is 1. The van der Waals surface area contributed by atoms with Crippen molar-refractivity contribution in [2.45, 2.75) is 46.0 Å². The molecule has 2 aromatic rings. The molecule has 4 rings (SSSR count). The number of rotatable bonds is 6. The maximum atomic E-state index is 14.7. The van der Waals surface area contributed by atoms with E-state index in [2.05, 4.69) is 4.98 Å². The number of Topliss-reactive ketones (excluding diaryl/α,β-unsaturated/α-hetero) is 1. The normalized spacial score (nSPS) is 22.3. The van der Waals surface area contributed by atoms with Crippen LogP contribution in [0.5, 0.6) is 5.88 Å². The quantitative estimate of drug-likeness (QED) is 0.546. The van der Waals surface area contributed by atoms with Gasteiger partial charge in [-0.2, -0.15) is 13.5 Å². The van der Waals surface area contributed by atoms with Crippen LogP contribution < -0.4 is 9.64 Å². The minimum absolute atomic E-state index is 0. The molecule has 1 fully saturated rings. The molecule has 184 valence electrons. The third-order valence-corrected chi connectivity index (χ3v) is 8.45. The predicted molar refractivity (Wildman–Crippen MR) is 133 cm³/mol. The van der Waals surface area contributed by atoms with Crippen molar-refractivity contribution in [3.05, 3.63) is 47.4 Å². The molecular formula is C24H29FN2O5S2. The first kappa shape index (κ1) is 26.2. The van der Waals surface area contributed by atoms with Crippen LogP contribution in [0.3, 0.4) is 0 Å². The standard InChI is InChI=1S/C24H27FN2O5S.H2S/c1-5-32-21-11-19(17(25)13-26-21)27-18-7-6-15(10-16(18)23(2,3)22(27)29)20(28)12-24(4)8-9-33(30,31)14-24;/h6-7,10-11,13H,5,8-9,12,14H2,1-4H3;1H2/t24-;/m1./s1. The fourth-order valence-corrected chi connectivity index (χ4v) is 6.92. The molecule has 1 atom stereocenters. The van der Waals surface area contributed by atoms with Crippen LogP contribution in [0.1, 0.15) is 56.5 Å². The summed E-state index contributed by atoms with van der Waals surface area (Å²) in [6, 6.07) is 6.31. The van der Waals surface area contributed by atoms with Gasteiger partial charge in [-0.1, -0.05) is 6.92 Å². The van der Waals surface area contributed by atoms with Gasteiger partial charge in [-0.3, -0.25) is 14.5 Å². The Bertz CT molecular complexity index is 1260. The van der Waals surface area contributed by atoms with Crippen LogP contribution in [0, 0.1) is 11.2 Å². The van der Waals surface area contributed by atoms with E-state index in [1.165, 1.54) is 11.0 Å². The maximum absolute atomic E-state index is 14.7. The third kappa shape index (κ3) is 4.57. The number of ketones is 1. The number of hydrogen-bond donors (Lipinski definition) is 0. The number of ether oxygens (including phenoxy) is 1. The van der Waals surface area contributed by atoms with Crippen LogP contribution in [0.4, 0.5) is 15.8 Å². The number of nitrogens with zero attached hydrogens (tertiary/aromatic N) is 2. The molecule has 0 bridgehead atoms. The Hall–Kier alpha value is -2.46. The summed E-state index contributed by atoms with van der Waals surface area (Å²) in [4.78, 5) is 31.6. The largest absolute Gasteiger partial charge is 0.478 e. The molecule has 0 saturated carbocycles. The molecule has 0 N–H and O–H groups in total. The van der Waals surface area contributed by atoms with E-state index < -0.39 is 26.5 Å². The van der Waals surface area contributed by atoms with Gasteiger partial charge in [0.25, 0.3) is 0 Å². The van der Waals surface area contributed by atoms with Gasteiger partial charge in [0.1, 0.15) is 0 Å². The van der Waals surface area contributed by atoms with E-state index in [4.69, 9.17) is 4.74 Å². The van der Waals surface area contributed by atoms with Crippen molar-refractivity contribution in [1.82, 2.24) is 4.98 Å². The minimum atomic E-state index is -3.12. The van der Waals surface area contributed by atoms with Gasteiger partial charge in [0.05, 0.1) is 41.1 Å². The molecule has 0 unspecified atom stereocenters. The lowest BCUT2D eigenvalue weighted by atomic mass is 9.81. The highest BCUT2D eigenvalue weighted by atomic mass is 32.2. The summed E-state index contributed by atoms with van der Waals surface area (Å²) in [5.74, 6) is -0.863. The fourth-order valence-electron chi connectivity index (χ4n) is 4.66. The van der Waals surface area contributed by atoms with E-state index >= 15 is 0 Å². The van der Waals surface area contributed by atoms with Gasteiger partial charge in [-0.15, -0.1) is 0 Å². The molecule has 1 saturated heterocycles. The Kier molecular flexibility index (Phi) is 6.89. The lowest BCUT2D eigenvalue weighted by Gasteiger charge is -2.21. The number of pyridine rings is 1. The zero-order valence-corrected chi connectivity index (χ0v) is 21.5. The average Bonchev–Trinajstić information content (AvgIpc) is 3.12. The summed E-state index contributed by atoms with van der Waals surface area (Å²) in [5.41, 5.74) is -0.0451. The van der Waals surface area contributed by atoms with Crippen molar-refractivity contribution < 1.29 is 27.1 Å². The van der Waals surface area contributed by atoms with Crippen LogP contribution in [0.25, 0.3) is 0 Å². The Morgan fingerprint density at radius 1 is 1.21 bits per heavy atom. The molecule has 1 aromatic carbocycles. The van der Waals surface area contributed by atoms with Gasteiger partial charge in [-0.25, -0.2) is 17.8 Å². The van der Waals surface area contributed by atoms with Crippen LogP contribution in [0.2, 0.25) is 0 Å². The Balaban J connectivity index is 0.00000324. The van der Waals surface area contributed by atoms with Crippen LogP contribution >= 0.6 is 13.5 Å². The molecule has 0 spiro atoms. The summed E-state index contributed by atoms with van der Waals surface area (Å²) in [6.07, 6.45) is 1.58. The second kappa shape index (κ2) is 8.96. The second-order valence-electron chi connectivity index (χ2n) is 9.66. The van der Waals surface area contributed by atoms with Gasteiger partial charge < -0.3 is 4.74 Å². The van der Waals surface area contributed by atoms with Gasteiger partial charge in [-0.05, 0) is 56.4 Å². The first-order valence-corrected chi connectivity index (χ1v) is 12.7. The van der Waals surface area contributed by atoms with Crippen LogP contribution in [0.15, 0.2) is 30.5 Å². The monoisotopic (exact) mass is 508 g/mol. The number of sulfone groups is 1. The van der Waals surface area contributed by atoms with Gasteiger partial charge in [0.15, 0.2) is 21.4 Å². The summed E-state index contributed by atoms with van der Waals surface area (Å²) in [7, 11) is -3.12. The average molecular weight is 509 g/mol. The number of carbonyl (C=O) groups is 2. The number of fused-ring (bicyclic) bond motifs is 1. The first-order valence-electron chi connectivity index (χ1n) is 10.9. The topological polar surface area (TPSA) is 93.6 Å². The molecule has 7 nitrogen and oxygen atoms in total. The van der Waals surface area contributed by atoms with Crippen molar-refractivity contribution in [2.24, 2.45) is 5.41 Å². The Morgan fingerprint density at radius 3 is 2.53 bits per heavy atom. The van der Waals surface area contributed by atoms with E-state index in [0.29, 0.717) is 29.8 Å². The highest BCUT2D eigenvalue weighted by Gasteiger charge is 2.46. The summed E-state index contributed by atoms with van der Waals surface area (Å²) in [5, 5.41) is 0. The summed E-state index contributed by atoms with van der Waals surface area (Å²) >= 11 is 0. The number of hydrogen-bond acceptors (Lipinski definition) is 6. The smallest absolute Gasteiger partial charge is 0.241 e. The molecule has 2 aliphatic heterocycles. The highest BCUT2D eigenvalue weighted by Crippen LogP contribution is 2.47. The molecule has 0 aliphatic carbocycles. The molecular weight excluding hydrogens is 479 g/mol. The molecule has 0 radical (unpaired) electrons. The number of carbonyl (C=O) groups excluding carboxylic acids is 2. The zero-order chi connectivity index (χ0) is 24.2. The first-order chi connectivity index (χ1) is 15.4. The number of anilines is 2.